The first-order valence-corrected chi connectivity index (χ1v) is 10.6. The Labute approximate surface area is 115 Å². The van der Waals surface area contributed by atoms with Gasteiger partial charge >= 0.3 is 115 Å². The Balaban J connectivity index is 2.30. The number of rotatable bonds is 3. The van der Waals surface area contributed by atoms with Crippen molar-refractivity contribution in [2.45, 2.75) is 0 Å². The minimum atomic E-state index is -1.77. The molecule has 0 spiro atoms. The molecular weight excluding hydrogens is 340 g/mol. The van der Waals surface area contributed by atoms with Crippen LogP contribution in [0.2, 0.25) is 0 Å². The van der Waals surface area contributed by atoms with Gasteiger partial charge in [-0.05, 0) is 0 Å². The third-order valence-electron chi connectivity index (χ3n) is 2.30. The van der Waals surface area contributed by atoms with Crippen LogP contribution in [0.3, 0.4) is 0 Å². The molecule has 2 aromatic carbocycles. The van der Waals surface area contributed by atoms with Crippen LogP contribution in [-0.4, -0.2) is 4.61 Å². The molecular formula is C14H11Cl2Ru+. The first-order chi connectivity index (χ1) is 8.25. The van der Waals surface area contributed by atoms with E-state index in [2.05, 4.69) is 24.6 Å². The third kappa shape index (κ3) is 3.96. The van der Waals surface area contributed by atoms with Gasteiger partial charge in [0.1, 0.15) is 0 Å². The van der Waals surface area contributed by atoms with E-state index in [9.17, 15) is 0 Å². The van der Waals surface area contributed by atoms with Crippen molar-refractivity contribution in [3.8, 4) is 0 Å². The summed E-state index contributed by atoms with van der Waals surface area (Å²) < 4.78 is 1.97. The topological polar surface area (TPSA) is 0 Å². The van der Waals surface area contributed by atoms with E-state index in [1.165, 1.54) is 5.56 Å². The van der Waals surface area contributed by atoms with Crippen LogP contribution in [0.1, 0.15) is 16.7 Å². The predicted molar refractivity (Wildman–Crippen MR) is 72.3 cm³/mol. The Bertz CT molecular complexity index is 517. The standard InChI is InChI=1S/C14H11.2ClH.Ru/c1-12-7-5-6-10-14(12)11-13-8-3-2-4-9-13;;;/h1-11H;2*1H;/q+1;;;+2/p-2. The SMILES string of the molecule is [Cl][Ru]([Cl])=[CH]c1ccccc1[CH+]c1ccccc1. The number of hydrogen-bond acceptors (Lipinski definition) is 0. The molecule has 0 aliphatic carbocycles. The van der Waals surface area contributed by atoms with Crippen molar-refractivity contribution in [2.75, 3.05) is 0 Å². The summed E-state index contributed by atoms with van der Waals surface area (Å²) in [6, 6.07) is 18.4. The number of benzene rings is 2. The van der Waals surface area contributed by atoms with Crippen molar-refractivity contribution in [3.63, 3.8) is 0 Å². The quantitative estimate of drug-likeness (QED) is 0.569. The van der Waals surface area contributed by atoms with Crippen molar-refractivity contribution in [2.24, 2.45) is 0 Å². The molecule has 0 radical (unpaired) electrons. The Morgan fingerprint density at radius 2 is 1.53 bits per heavy atom. The van der Waals surface area contributed by atoms with E-state index < -0.39 is 13.5 Å². The summed E-state index contributed by atoms with van der Waals surface area (Å²) >= 11 is -1.77. The predicted octanol–water partition coefficient (Wildman–Crippen LogP) is 4.36. The molecule has 0 N–H and O–H groups in total. The normalized spacial score (nSPS) is 10.8. The molecule has 0 saturated heterocycles. The third-order valence-corrected chi connectivity index (χ3v) is 4.14. The average Bonchev–Trinajstić information content (AvgIpc) is 2.32. The van der Waals surface area contributed by atoms with Gasteiger partial charge in [0.25, 0.3) is 0 Å². The monoisotopic (exact) mass is 351 g/mol. The van der Waals surface area contributed by atoms with Gasteiger partial charge in [0, 0.05) is 0 Å². The van der Waals surface area contributed by atoms with Gasteiger partial charge in [0.05, 0.1) is 0 Å². The van der Waals surface area contributed by atoms with Gasteiger partial charge in [-0.25, -0.2) is 0 Å². The van der Waals surface area contributed by atoms with Crippen LogP contribution in [-0.2, 0) is 13.5 Å². The van der Waals surface area contributed by atoms with Crippen LogP contribution in [0.15, 0.2) is 54.6 Å². The van der Waals surface area contributed by atoms with Crippen molar-refractivity contribution < 1.29 is 13.5 Å². The molecule has 0 fully saturated rings. The molecule has 0 aliphatic heterocycles. The summed E-state index contributed by atoms with van der Waals surface area (Å²) in [7, 11) is 11.9. The fraction of sp³-hybridized carbons (Fsp3) is 0. The second-order valence-electron chi connectivity index (χ2n) is 3.49. The van der Waals surface area contributed by atoms with Gasteiger partial charge < -0.3 is 0 Å². The zero-order chi connectivity index (χ0) is 12.1. The van der Waals surface area contributed by atoms with E-state index in [1.54, 1.807) is 0 Å². The Kier molecular flexibility index (Phi) is 4.79. The van der Waals surface area contributed by atoms with Gasteiger partial charge in [0.15, 0.2) is 0 Å². The van der Waals surface area contributed by atoms with Gasteiger partial charge in [-0.15, -0.1) is 0 Å². The maximum atomic E-state index is 5.93. The molecule has 0 atom stereocenters. The summed E-state index contributed by atoms with van der Waals surface area (Å²) in [6.45, 7) is 0. The van der Waals surface area contributed by atoms with Gasteiger partial charge in [-0.1, -0.05) is 0 Å². The molecule has 0 aliphatic rings. The van der Waals surface area contributed by atoms with E-state index in [-0.39, 0.29) is 0 Å². The second kappa shape index (κ2) is 6.35. The van der Waals surface area contributed by atoms with E-state index in [1.807, 2.05) is 41.0 Å². The molecule has 0 amide bonds. The average molecular weight is 351 g/mol. The van der Waals surface area contributed by atoms with E-state index >= 15 is 0 Å². The molecule has 3 heteroatoms. The summed E-state index contributed by atoms with van der Waals surface area (Å²) in [4.78, 5) is 0. The Morgan fingerprint density at radius 1 is 0.882 bits per heavy atom. The van der Waals surface area contributed by atoms with E-state index in [0.29, 0.717) is 0 Å². The first kappa shape index (κ1) is 12.8. The molecule has 0 nitrogen and oxygen atoms in total. The fourth-order valence-corrected chi connectivity index (χ4v) is 3.40. The Hall–Kier alpha value is -0.617. The van der Waals surface area contributed by atoms with Crippen molar-refractivity contribution in [1.82, 2.24) is 0 Å². The summed E-state index contributed by atoms with van der Waals surface area (Å²) in [6.07, 6.45) is 2.14. The molecule has 2 rings (SSSR count). The second-order valence-corrected chi connectivity index (χ2v) is 9.22. The maximum absolute atomic E-state index is 5.93. The molecule has 2 aromatic rings. The van der Waals surface area contributed by atoms with Crippen LogP contribution in [0, 0.1) is 6.42 Å². The van der Waals surface area contributed by atoms with Gasteiger partial charge in [-0.3, -0.25) is 0 Å². The van der Waals surface area contributed by atoms with E-state index in [0.717, 1.165) is 11.1 Å². The van der Waals surface area contributed by atoms with Gasteiger partial charge in [-0.2, -0.15) is 0 Å². The first-order valence-electron chi connectivity index (χ1n) is 5.08. The van der Waals surface area contributed by atoms with Crippen LogP contribution < -0.4 is 0 Å². The van der Waals surface area contributed by atoms with E-state index in [4.69, 9.17) is 19.4 Å². The number of halogens is 2. The molecule has 0 saturated carbocycles. The van der Waals surface area contributed by atoms with Crippen molar-refractivity contribution >= 4 is 24.0 Å². The van der Waals surface area contributed by atoms with Crippen LogP contribution in [0.4, 0.5) is 0 Å². The summed E-state index contributed by atoms with van der Waals surface area (Å²) in [5.41, 5.74) is 3.44. The minimum absolute atomic E-state index is 1.11. The fourth-order valence-electron chi connectivity index (χ4n) is 1.55. The zero-order valence-electron chi connectivity index (χ0n) is 8.96. The van der Waals surface area contributed by atoms with Crippen LogP contribution in [0.5, 0.6) is 0 Å². The molecule has 0 unspecified atom stereocenters. The molecule has 0 heterocycles. The van der Waals surface area contributed by atoms with Crippen LogP contribution in [0.25, 0.3) is 0 Å². The van der Waals surface area contributed by atoms with Crippen LogP contribution >= 0.6 is 19.4 Å². The number of hydrogen-bond donors (Lipinski definition) is 0. The molecule has 0 aromatic heterocycles. The Morgan fingerprint density at radius 3 is 2.24 bits per heavy atom. The van der Waals surface area contributed by atoms with Gasteiger partial charge in [0.2, 0.25) is 0 Å². The summed E-state index contributed by atoms with van der Waals surface area (Å²) in [5, 5.41) is 0. The van der Waals surface area contributed by atoms with Crippen molar-refractivity contribution in [1.29, 1.82) is 0 Å². The summed E-state index contributed by atoms with van der Waals surface area (Å²) in [5.74, 6) is 0. The molecule has 0 bridgehead atoms. The zero-order valence-corrected chi connectivity index (χ0v) is 12.2. The molecule has 17 heavy (non-hydrogen) atoms. The molecule has 88 valence electrons. The van der Waals surface area contributed by atoms with Crippen molar-refractivity contribution in [3.05, 3.63) is 77.7 Å².